The van der Waals surface area contributed by atoms with Gasteiger partial charge in [-0.15, -0.1) is 4.15 Å². The average molecular weight is 483 g/mol. The van der Waals surface area contributed by atoms with Crippen LogP contribution in [0.1, 0.15) is 0 Å². The molecule has 0 fully saturated rings. The molecule has 0 rings (SSSR count). The fourth-order valence-electron chi connectivity index (χ4n) is 0.403. The van der Waals surface area contributed by atoms with Crippen LogP contribution >= 0.6 is 106 Å². The Morgan fingerprint density at radius 1 is 0.765 bits per heavy atom. The van der Waals surface area contributed by atoms with Gasteiger partial charge in [-0.2, -0.15) is 17.4 Å². The van der Waals surface area contributed by atoms with E-state index in [1.165, 1.54) is 0 Å². The van der Waals surface area contributed by atoms with E-state index in [0.717, 1.165) is 0 Å². The first-order chi connectivity index (χ1) is 7.12. The summed E-state index contributed by atoms with van der Waals surface area (Å²) in [7, 11) is 0.468. The summed E-state index contributed by atoms with van der Waals surface area (Å²) in [4.78, 5) is 0. The molecule has 0 radical (unpaired) electrons. The zero-order chi connectivity index (χ0) is 14.1. The third-order valence-corrected chi connectivity index (χ3v) is 12.7. The molecule has 0 spiro atoms. The first-order valence-corrected chi connectivity index (χ1v) is 16.6. The molecule has 0 amide bonds. The Balaban J connectivity index is 5.83. The van der Waals surface area contributed by atoms with Crippen LogP contribution in [-0.4, -0.2) is 8.42 Å². The summed E-state index contributed by atoms with van der Waals surface area (Å²) in [6.45, 7) is 0. The van der Waals surface area contributed by atoms with E-state index < -0.39 is 26.2 Å². The van der Waals surface area contributed by atoms with E-state index in [4.69, 9.17) is 89.4 Å². The summed E-state index contributed by atoms with van der Waals surface area (Å²) in [5.41, 5.74) is 0. The Morgan fingerprint density at radius 3 is 1.47 bits per heavy atom. The van der Waals surface area contributed by atoms with Gasteiger partial charge in [0.2, 0.25) is 5.11 Å². The van der Waals surface area contributed by atoms with Crippen LogP contribution in [0.4, 0.5) is 0 Å². The van der Waals surface area contributed by atoms with Crippen molar-refractivity contribution in [3.05, 3.63) is 0 Å². The van der Waals surface area contributed by atoms with Gasteiger partial charge >= 0.3 is 9.24 Å². The molecular formula is Cl8N3O2P3S. The molecule has 0 unspecified atom stereocenters. The second-order valence-electron chi connectivity index (χ2n) is 2.00. The average Bonchev–Trinajstić information content (AvgIpc) is 1.65. The van der Waals surface area contributed by atoms with Crippen LogP contribution in [0.2, 0.25) is 0 Å². The van der Waals surface area contributed by atoms with Gasteiger partial charge in [0.1, 0.15) is 0 Å². The van der Waals surface area contributed by atoms with Crippen molar-refractivity contribution in [2.75, 3.05) is 0 Å². The molecule has 0 aromatic rings. The second-order valence-corrected chi connectivity index (χ2v) is 21.4. The monoisotopic (exact) mass is 479 g/mol. The highest BCUT2D eigenvalue weighted by molar-refractivity contribution is 8.30. The maximum absolute atomic E-state index is 10.6. The van der Waals surface area contributed by atoms with E-state index in [-0.39, 0.29) is 0 Å². The zero-order valence-electron chi connectivity index (χ0n) is 6.93. The largest absolute Gasteiger partial charge is 0.342 e. The molecule has 0 saturated heterocycles. The van der Waals surface area contributed by atoms with Crippen LogP contribution in [0.5, 0.6) is 0 Å². The molecule has 0 saturated carbocycles. The Hall–Kier alpha value is 2.96. The van der Waals surface area contributed by atoms with Gasteiger partial charge < -0.3 is 0 Å². The van der Waals surface area contributed by atoms with Gasteiger partial charge in [-0.25, -0.2) is 0 Å². The normalized spacial score (nSPS) is 14.4. The van der Waals surface area contributed by atoms with E-state index >= 15 is 0 Å². The first-order valence-electron chi connectivity index (χ1n) is 2.85. The molecule has 0 aliphatic rings. The summed E-state index contributed by atoms with van der Waals surface area (Å²) >= 11 is 38.4. The van der Waals surface area contributed by atoms with Crippen LogP contribution < -0.4 is 0 Å². The Kier molecular flexibility index (Phi) is 8.00. The Morgan fingerprint density at radius 2 is 1.18 bits per heavy atom. The van der Waals surface area contributed by atoms with Crippen LogP contribution in [0.3, 0.4) is 0 Å². The summed E-state index contributed by atoms with van der Waals surface area (Å²) in [5.74, 6) is -7.32. The molecule has 0 aliphatic heterocycles. The second kappa shape index (κ2) is 6.81. The van der Waals surface area contributed by atoms with Crippen molar-refractivity contribution in [1.82, 2.24) is 0 Å². The summed E-state index contributed by atoms with van der Waals surface area (Å²) in [6, 6.07) is 0. The predicted octanol–water partition coefficient (Wildman–Crippen LogP) is 7.98. The smallest absolute Gasteiger partial charge is 0.191 e. The third kappa shape index (κ3) is 12.4. The molecule has 5 nitrogen and oxygen atoms in total. The molecule has 0 bridgehead atoms. The van der Waals surface area contributed by atoms with E-state index in [1.807, 2.05) is 0 Å². The quantitative estimate of drug-likeness (QED) is 0.302. The molecule has 0 heterocycles. The topological polar surface area (TPSA) is 71.2 Å². The van der Waals surface area contributed by atoms with E-state index in [1.54, 1.807) is 0 Å². The SMILES string of the molecule is O=S(=O)(Cl)N=P(Cl)(Cl)N=P(Cl)(Cl)N=P(Cl)(Cl)Cl. The summed E-state index contributed by atoms with van der Waals surface area (Å²) in [6.07, 6.45) is 0. The van der Waals surface area contributed by atoms with Crippen LogP contribution in [0.25, 0.3) is 0 Å². The van der Waals surface area contributed by atoms with Gasteiger partial charge in [-0.1, -0.05) is 0 Å². The van der Waals surface area contributed by atoms with E-state index in [9.17, 15) is 8.42 Å². The molecule has 0 aromatic heterocycles. The molecule has 0 atom stereocenters. The van der Waals surface area contributed by atoms with Crippen molar-refractivity contribution in [3.8, 4) is 0 Å². The maximum Gasteiger partial charge on any atom is 0.342 e. The molecule has 0 N–H and O–H groups in total. The lowest BCUT2D eigenvalue weighted by atomic mass is 13.9. The fourth-order valence-corrected chi connectivity index (χ4v) is 18.2. The molecule has 17 heavy (non-hydrogen) atoms. The lowest BCUT2D eigenvalue weighted by Crippen LogP contribution is -1.76. The van der Waals surface area contributed by atoms with Crippen LogP contribution in [0, 0.1) is 0 Å². The Labute approximate surface area is 136 Å². The van der Waals surface area contributed by atoms with Gasteiger partial charge in [0.25, 0.3) is 11.8 Å². The highest BCUT2D eigenvalue weighted by Gasteiger charge is 2.24. The third-order valence-electron chi connectivity index (χ3n) is 0.620. The van der Waals surface area contributed by atoms with Gasteiger partial charge in [-0.05, 0) is 78.7 Å². The molecular weight excluding hydrogens is 483 g/mol. The molecule has 0 aliphatic carbocycles. The van der Waals surface area contributed by atoms with Gasteiger partial charge in [-0.3, -0.25) is 0 Å². The number of hydrogen-bond donors (Lipinski definition) is 0. The summed E-state index contributed by atoms with van der Waals surface area (Å²) in [5, 5.41) is -3.26. The van der Waals surface area contributed by atoms with Crippen molar-refractivity contribution in [2.24, 2.45) is 13.2 Å². The van der Waals surface area contributed by atoms with Crippen LogP contribution in [-0.2, 0) is 9.24 Å². The van der Waals surface area contributed by atoms with Crippen molar-refractivity contribution >= 4 is 116 Å². The van der Waals surface area contributed by atoms with E-state index in [0.29, 0.717) is 0 Å². The minimum absolute atomic E-state index is 2.85. The van der Waals surface area contributed by atoms with Crippen LogP contribution in [0.15, 0.2) is 13.2 Å². The molecule has 0 aromatic carbocycles. The molecule has 104 valence electrons. The number of halogens is 8. The highest BCUT2D eigenvalue weighted by atomic mass is 36.0. The fraction of sp³-hybridized carbons (Fsp3) is 0. The van der Waals surface area contributed by atoms with Crippen molar-refractivity contribution in [3.63, 3.8) is 0 Å². The Bertz CT molecular complexity index is 536. The summed E-state index contributed by atoms with van der Waals surface area (Å²) < 4.78 is 30.9. The van der Waals surface area contributed by atoms with Gasteiger partial charge in [0, 0.05) is 10.7 Å². The molecule has 17 heteroatoms. The lowest BCUT2D eigenvalue weighted by molar-refractivity contribution is 0.612. The minimum Gasteiger partial charge on any atom is -0.191 e. The predicted molar refractivity (Wildman–Crippen MR) is 83.8 cm³/mol. The minimum atomic E-state index is -4.34. The number of hydrogen-bond acceptors (Lipinski definition) is 2. The zero-order valence-corrected chi connectivity index (χ0v) is 16.5. The van der Waals surface area contributed by atoms with Crippen molar-refractivity contribution in [1.29, 1.82) is 0 Å². The lowest BCUT2D eigenvalue weighted by Gasteiger charge is -2.08. The van der Waals surface area contributed by atoms with Gasteiger partial charge in [0.15, 0.2) is 0 Å². The standard InChI is InChI=1S/Cl8N3O2P3S/c1-14(2,3)9-15(4,5)10-16(6,7)11-17(8,12)13. The van der Waals surface area contributed by atoms with Crippen molar-refractivity contribution in [2.45, 2.75) is 0 Å². The number of nitrogens with zero attached hydrogens (tertiary/aromatic N) is 3. The maximum atomic E-state index is 10.6. The number of rotatable bonds is 3. The highest BCUT2D eigenvalue weighted by Crippen LogP contribution is 2.81. The first kappa shape index (κ1) is 20.0. The van der Waals surface area contributed by atoms with Gasteiger partial charge in [0.05, 0.1) is 0 Å². The van der Waals surface area contributed by atoms with Crippen molar-refractivity contribution < 1.29 is 8.42 Å². The van der Waals surface area contributed by atoms with E-state index in [2.05, 4.69) is 13.2 Å².